The van der Waals surface area contributed by atoms with Crippen LogP contribution in [0.1, 0.15) is 5.56 Å². The third-order valence-electron chi connectivity index (χ3n) is 4.43. The van der Waals surface area contributed by atoms with Crippen molar-refractivity contribution < 1.29 is 9.72 Å². The molecule has 142 valence electrons. The molecule has 0 radical (unpaired) electrons. The van der Waals surface area contributed by atoms with E-state index in [1.807, 2.05) is 23.1 Å². The Hall–Kier alpha value is -2.09. The highest BCUT2D eigenvalue weighted by molar-refractivity contribution is 8.00. The molecule has 0 atom stereocenters. The molecule has 0 spiro atoms. The highest BCUT2D eigenvalue weighted by Crippen LogP contribution is 2.22. The number of rotatable bonds is 6. The van der Waals surface area contributed by atoms with Gasteiger partial charge in [-0.2, -0.15) is 0 Å². The predicted molar refractivity (Wildman–Crippen MR) is 107 cm³/mol. The number of nitro benzene ring substituents is 1. The van der Waals surface area contributed by atoms with Crippen molar-refractivity contribution in [3.8, 4) is 0 Å². The van der Waals surface area contributed by atoms with Crippen LogP contribution in [0.15, 0.2) is 53.4 Å². The number of amides is 1. The van der Waals surface area contributed by atoms with E-state index in [0.29, 0.717) is 18.8 Å². The SMILES string of the molecule is O=C(CSc1ccc([N+](=O)[O-])cc1)N1CCN(Cc2cccc(Cl)c2)CC1. The summed E-state index contributed by atoms with van der Waals surface area (Å²) in [5, 5.41) is 11.4. The van der Waals surface area contributed by atoms with Crippen molar-refractivity contribution in [1.29, 1.82) is 0 Å². The van der Waals surface area contributed by atoms with E-state index in [-0.39, 0.29) is 11.6 Å². The molecule has 2 aromatic carbocycles. The maximum absolute atomic E-state index is 12.4. The quantitative estimate of drug-likeness (QED) is 0.416. The third-order valence-corrected chi connectivity index (χ3v) is 5.66. The number of piperazine rings is 1. The number of hydrogen-bond acceptors (Lipinski definition) is 5. The van der Waals surface area contributed by atoms with E-state index >= 15 is 0 Å². The fourth-order valence-electron chi connectivity index (χ4n) is 2.95. The van der Waals surface area contributed by atoms with Gasteiger partial charge in [-0.15, -0.1) is 11.8 Å². The number of carbonyl (C=O) groups excluding carboxylic acids is 1. The van der Waals surface area contributed by atoms with Gasteiger partial charge in [-0.3, -0.25) is 19.8 Å². The Morgan fingerprint density at radius 2 is 1.81 bits per heavy atom. The molecular weight excluding hydrogens is 386 g/mol. The van der Waals surface area contributed by atoms with Gasteiger partial charge in [0.25, 0.3) is 5.69 Å². The number of hydrogen-bond donors (Lipinski definition) is 0. The molecule has 6 nitrogen and oxygen atoms in total. The number of nitro groups is 1. The summed E-state index contributed by atoms with van der Waals surface area (Å²) in [4.78, 5) is 27.7. The van der Waals surface area contributed by atoms with Crippen LogP contribution >= 0.6 is 23.4 Å². The van der Waals surface area contributed by atoms with Crippen molar-refractivity contribution in [1.82, 2.24) is 9.80 Å². The fourth-order valence-corrected chi connectivity index (χ4v) is 3.96. The lowest BCUT2D eigenvalue weighted by molar-refractivity contribution is -0.384. The summed E-state index contributed by atoms with van der Waals surface area (Å²) in [7, 11) is 0. The Morgan fingerprint density at radius 3 is 2.44 bits per heavy atom. The highest BCUT2D eigenvalue weighted by Gasteiger charge is 2.21. The minimum absolute atomic E-state index is 0.0569. The van der Waals surface area contributed by atoms with E-state index in [1.54, 1.807) is 12.1 Å². The largest absolute Gasteiger partial charge is 0.339 e. The summed E-state index contributed by atoms with van der Waals surface area (Å²) in [6.45, 7) is 3.92. The molecule has 1 amide bonds. The second-order valence-corrected chi connectivity index (χ2v) is 7.81. The number of benzene rings is 2. The normalized spacial score (nSPS) is 14.9. The first kappa shape index (κ1) is 19.7. The van der Waals surface area contributed by atoms with Gasteiger partial charge in [0.15, 0.2) is 0 Å². The maximum Gasteiger partial charge on any atom is 0.269 e. The van der Waals surface area contributed by atoms with E-state index in [0.717, 1.165) is 29.6 Å². The zero-order valence-electron chi connectivity index (χ0n) is 14.7. The number of carbonyl (C=O) groups is 1. The molecule has 2 aromatic rings. The molecule has 0 unspecified atom stereocenters. The van der Waals surface area contributed by atoms with Crippen LogP contribution in [0.4, 0.5) is 5.69 Å². The summed E-state index contributed by atoms with van der Waals surface area (Å²) < 4.78 is 0. The van der Waals surface area contributed by atoms with Crippen molar-refractivity contribution in [2.45, 2.75) is 11.4 Å². The molecule has 0 N–H and O–H groups in total. The van der Waals surface area contributed by atoms with Gasteiger partial charge in [-0.05, 0) is 29.8 Å². The van der Waals surface area contributed by atoms with E-state index in [4.69, 9.17) is 11.6 Å². The summed E-state index contributed by atoms with van der Waals surface area (Å²) in [5.74, 6) is 0.437. The molecule has 1 aliphatic heterocycles. The van der Waals surface area contributed by atoms with Crippen LogP contribution in [-0.2, 0) is 11.3 Å². The van der Waals surface area contributed by atoms with Crippen molar-refractivity contribution >= 4 is 35.0 Å². The minimum Gasteiger partial charge on any atom is -0.339 e. The lowest BCUT2D eigenvalue weighted by atomic mass is 10.2. The summed E-state index contributed by atoms with van der Waals surface area (Å²) in [6.07, 6.45) is 0. The molecule has 27 heavy (non-hydrogen) atoms. The van der Waals surface area contributed by atoms with Crippen LogP contribution in [-0.4, -0.2) is 52.6 Å². The molecule has 1 fully saturated rings. The number of non-ortho nitro benzene ring substituents is 1. The average molecular weight is 406 g/mol. The highest BCUT2D eigenvalue weighted by atomic mass is 35.5. The van der Waals surface area contributed by atoms with Gasteiger partial charge in [-0.25, -0.2) is 0 Å². The Morgan fingerprint density at radius 1 is 1.11 bits per heavy atom. The Labute approximate surface area is 167 Å². The molecule has 0 saturated carbocycles. The standard InChI is InChI=1S/C19H20ClN3O3S/c20-16-3-1-2-15(12-16)13-21-8-10-22(11-9-21)19(24)14-27-18-6-4-17(5-7-18)23(25)26/h1-7,12H,8-11,13-14H2. The van der Waals surface area contributed by atoms with E-state index in [9.17, 15) is 14.9 Å². The molecular formula is C19H20ClN3O3S. The topological polar surface area (TPSA) is 66.7 Å². The van der Waals surface area contributed by atoms with Gasteiger partial charge in [0.2, 0.25) is 5.91 Å². The van der Waals surface area contributed by atoms with Crippen LogP contribution in [0.5, 0.6) is 0 Å². The second-order valence-electron chi connectivity index (χ2n) is 6.33. The number of nitrogens with zero attached hydrogens (tertiary/aromatic N) is 3. The van der Waals surface area contributed by atoms with Gasteiger partial charge in [0, 0.05) is 54.8 Å². The monoisotopic (exact) mass is 405 g/mol. The molecule has 1 saturated heterocycles. The summed E-state index contributed by atoms with van der Waals surface area (Å²) in [5.41, 5.74) is 1.23. The number of thioether (sulfide) groups is 1. The van der Waals surface area contributed by atoms with Gasteiger partial charge < -0.3 is 4.90 Å². The van der Waals surface area contributed by atoms with Gasteiger partial charge in [0.05, 0.1) is 10.7 Å². The smallest absolute Gasteiger partial charge is 0.269 e. The Balaban J connectivity index is 1.43. The van der Waals surface area contributed by atoms with E-state index < -0.39 is 4.92 Å². The average Bonchev–Trinajstić information content (AvgIpc) is 2.67. The van der Waals surface area contributed by atoms with E-state index in [1.165, 1.54) is 29.5 Å². The van der Waals surface area contributed by atoms with Crippen LogP contribution in [0.2, 0.25) is 5.02 Å². The van der Waals surface area contributed by atoms with Gasteiger partial charge >= 0.3 is 0 Å². The van der Waals surface area contributed by atoms with Crippen molar-refractivity contribution in [3.05, 3.63) is 69.2 Å². The zero-order chi connectivity index (χ0) is 19.2. The zero-order valence-corrected chi connectivity index (χ0v) is 16.3. The van der Waals surface area contributed by atoms with Gasteiger partial charge in [-0.1, -0.05) is 23.7 Å². The summed E-state index contributed by atoms with van der Waals surface area (Å²) in [6, 6.07) is 14.1. The Bertz CT molecular complexity index is 808. The fraction of sp³-hybridized carbons (Fsp3) is 0.316. The molecule has 0 aliphatic carbocycles. The van der Waals surface area contributed by atoms with Crippen molar-refractivity contribution in [2.75, 3.05) is 31.9 Å². The van der Waals surface area contributed by atoms with Crippen LogP contribution in [0.25, 0.3) is 0 Å². The first-order valence-corrected chi connectivity index (χ1v) is 9.99. The first-order valence-electron chi connectivity index (χ1n) is 8.63. The minimum atomic E-state index is -0.428. The summed E-state index contributed by atoms with van der Waals surface area (Å²) >= 11 is 7.44. The van der Waals surface area contributed by atoms with Gasteiger partial charge in [0.1, 0.15) is 0 Å². The number of halogens is 1. The maximum atomic E-state index is 12.4. The second kappa shape index (κ2) is 9.21. The molecule has 3 rings (SSSR count). The van der Waals surface area contributed by atoms with Crippen LogP contribution in [0, 0.1) is 10.1 Å². The van der Waals surface area contributed by atoms with Crippen LogP contribution in [0.3, 0.4) is 0 Å². The van der Waals surface area contributed by atoms with E-state index in [2.05, 4.69) is 11.0 Å². The predicted octanol–water partition coefficient (Wildman–Crippen LogP) is 3.68. The first-order chi connectivity index (χ1) is 13.0. The van der Waals surface area contributed by atoms with Crippen LogP contribution < -0.4 is 0 Å². The molecule has 1 aliphatic rings. The lowest BCUT2D eigenvalue weighted by Crippen LogP contribution is -2.48. The van der Waals surface area contributed by atoms with Crippen molar-refractivity contribution in [2.24, 2.45) is 0 Å². The molecule has 0 bridgehead atoms. The third kappa shape index (κ3) is 5.69. The Kier molecular flexibility index (Phi) is 6.71. The van der Waals surface area contributed by atoms with Crippen molar-refractivity contribution in [3.63, 3.8) is 0 Å². The lowest BCUT2D eigenvalue weighted by Gasteiger charge is -2.34. The molecule has 1 heterocycles. The molecule has 0 aromatic heterocycles. The molecule has 8 heteroatoms.